The van der Waals surface area contributed by atoms with E-state index < -0.39 is 28.4 Å². The van der Waals surface area contributed by atoms with Gasteiger partial charge in [-0.2, -0.15) is 0 Å². The number of esters is 1. The molecule has 2 aromatic rings. The van der Waals surface area contributed by atoms with Crippen LogP contribution in [0.15, 0.2) is 47.4 Å². The third kappa shape index (κ3) is 6.97. The van der Waals surface area contributed by atoms with Gasteiger partial charge in [0.25, 0.3) is 0 Å². The Morgan fingerprint density at radius 2 is 1.65 bits per heavy atom. The smallest absolute Gasteiger partial charge is 0.307 e. The van der Waals surface area contributed by atoms with Gasteiger partial charge in [-0.15, -0.1) is 0 Å². The zero-order valence-corrected chi connectivity index (χ0v) is 18.4. The Kier molecular flexibility index (Phi) is 8.83. The lowest BCUT2D eigenvalue weighted by molar-refractivity contribution is -0.142. The molecule has 168 valence electrons. The molecule has 0 saturated heterocycles. The Balaban J connectivity index is 1.83. The van der Waals surface area contributed by atoms with Crippen LogP contribution in [-0.2, 0) is 19.6 Å². The lowest BCUT2D eigenvalue weighted by Gasteiger charge is -2.10. The van der Waals surface area contributed by atoms with Gasteiger partial charge < -0.3 is 18.9 Å². The van der Waals surface area contributed by atoms with Crippen LogP contribution in [0.4, 0.5) is 0 Å². The Hall–Kier alpha value is -3.11. The largest absolute Gasteiger partial charge is 0.497 e. The molecular weight excluding hydrogens is 426 g/mol. The van der Waals surface area contributed by atoms with Gasteiger partial charge in [-0.3, -0.25) is 9.59 Å². The van der Waals surface area contributed by atoms with Gasteiger partial charge in [0.1, 0.15) is 17.2 Å². The highest BCUT2D eigenvalue weighted by molar-refractivity contribution is 7.89. The molecule has 0 spiro atoms. The summed E-state index contributed by atoms with van der Waals surface area (Å²) in [4.78, 5) is 24.2. The van der Waals surface area contributed by atoms with Gasteiger partial charge in [-0.1, -0.05) is 0 Å². The highest BCUT2D eigenvalue weighted by atomic mass is 32.2. The van der Waals surface area contributed by atoms with Crippen molar-refractivity contribution >= 4 is 21.8 Å². The summed E-state index contributed by atoms with van der Waals surface area (Å²) < 4.78 is 47.3. The molecule has 0 saturated carbocycles. The van der Waals surface area contributed by atoms with Gasteiger partial charge in [0, 0.05) is 12.6 Å². The van der Waals surface area contributed by atoms with E-state index in [4.69, 9.17) is 18.9 Å². The number of ketones is 1. The third-order valence-electron chi connectivity index (χ3n) is 4.14. The summed E-state index contributed by atoms with van der Waals surface area (Å²) in [5.74, 6) is 0.204. The van der Waals surface area contributed by atoms with E-state index in [0.29, 0.717) is 23.9 Å². The van der Waals surface area contributed by atoms with Crippen LogP contribution in [0.1, 0.15) is 23.7 Å². The predicted octanol–water partition coefficient (Wildman–Crippen LogP) is 2.20. The molecule has 0 amide bonds. The van der Waals surface area contributed by atoms with Crippen LogP contribution < -0.4 is 18.9 Å². The number of benzene rings is 2. The minimum atomic E-state index is -3.79. The molecule has 0 heterocycles. The van der Waals surface area contributed by atoms with Crippen LogP contribution in [0.5, 0.6) is 17.2 Å². The number of nitrogens with one attached hydrogen (secondary N) is 1. The predicted molar refractivity (Wildman–Crippen MR) is 112 cm³/mol. The number of carbonyl (C=O) groups excluding carboxylic acids is 2. The fourth-order valence-electron chi connectivity index (χ4n) is 2.58. The highest BCUT2D eigenvalue weighted by Gasteiger charge is 2.17. The molecular formula is C21H25NO8S. The molecule has 0 atom stereocenters. The number of rotatable bonds is 12. The molecule has 9 nitrogen and oxygen atoms in total. The van der Waals surface area contributed by atoms with Gasteiger partial charge >= 0.3 is 5.97 Å². The monoisotopic (exact) mass is 451 g/mol. The first kappa shape index (κ1) is 24.2. The Morgan fingerprint density at radius 1 is 0.968 bits per heavy atom. The Bertz CT molecular complexity index is 1000. The Labute approximate surface area is 181 Å². The van der Waals surface area contributed by atoms with Crippen molar-refractivity contribution in [3.63, 3.8) is 0 Å². The quantitative estimate of drug-likeness (QED) is 0.386. The summed E-state index contributed by atoms with van der Waals surface area (Å²) in [6.45, 7) is 1.63. The van der Waals surface area contributed by atoms with Gasteiger partial charge in [0.2, 0.25) is 15.8 Å². The van der Waals surface area contributed by atoms with Gasteiger partial charge in [-0.25, -0.2) is 13.1 Å². The first-order valence-corrected chi connectivity index (χ1v) is 10.9. The molecule has 1 N–H and O–H groups in total. The maximum Gasteiger partial charge on any atom is 0.307 e. The molecule has 0 unspecified atom stereocenters. The molecule has 2 aromatic carbocycles. The van der Waals surface area contributed by atoms with Crippen LogP contribution >= 0.6 is 0 Å². The average Bonchev–Trinajstić information content (AvgIpc) is 2.77. The zero-order chi connectivity index (χ0) is 22.9. The molecule has 0 aliphatic carbocycles. The fourth-order valence-corrected chi connectivity index (χ4v) is 3.61. The van der Waals surface area contributed by atoms with E-state index in [1.54, 1.807) is 24.3 Å². The SMILES string of the molecule is CCOc1ccc(S(=O)(=O)NCCC(=O)OCC(=O)c2ccc(OC)cc2OC)cc1. The average molecular weight is 451 g/mol. The number of carbonyl (C=O) groups is 2. The van der Waals surface area contributed by atoms with Crippen molar-refractivity contribution in [2.24, 2.45) is 0 Å². The second-order valence-corrected chi connectivity index (χ2v) is 7.97. The van der Waals surface area contributed by atoms with Crippen molar-refractivity contribution in [2.45, 2.75) is 18.2 Å². The molecule has 2 rings (SSSR count). The normalized spacial score (nSPS) is 10.9. The molecule has 0 aromatic heterocycles. The van der Waals surface area contributed by atoms with E-state index in [9.17, 15) is 18.0 Å². The molecule has 10 heteroatoms. The molecule has 31 heavy (non-hydrogen) atoms. The molecule has 0 aliphatic heterocycles. The van der Waals surface area contributed by atoms with E-state index in [1.165, 1.54) is 32.4 Å². The number of hydrogen-bond acceptors (Lipinski definition) is 8. The summed E-state index contributed by atoms with van der Waals surface area (Å²) >= 11 is 0. The van der Waals surface area contributed by atoms with Gasteiger partial charge in [0.05, 0.1) is 37.7 Å². The van der Waals surface area contributed by atoms with Crippen LogP contribution in [0.2, 0.25) is 0 Å². The first-order chi connectivity index (χ1) is 14.8. The minimum absolute atomic E-state index is 0.0473. The number of sulfonamides is 1. The molecule has 0 bridgehead atoms. The fraction of sp³-hybridized carbons (Fsp3) is 0.333. The summed E-state index contributed by atoms with van der Waals surface area (Å²) in [6.07, 6.45) is -0.233. The van der Waals surface area contributed by atoms with Crippen molar-refractivity contribution in [3.05, 3.63) is 48.0 Å². The van der Waals surface area contributed by atoms with Crippen molar-refractivity contribution in [1.82, 2.24) is 4.72 Å². The van der Waals surface area contributed by atoms with Crippen molar-refractivity contribution < 1.29 is 37.0 Å². The second-order valence-electron chi connectivity index (χ2n) is 6.20. The summed E-state index contributed by atoms with van der Waals surface area (Å²) in [5.41, 5.74) is 0.243. The molecule has 0 fully saturated rings. The lowest BCUT2D eigenvalue weighted by Crippen LogP contribution is -2.27. The number of hydrogen-bond donors (Lipinski definition) is 1. The van der Waals surface area contributed by atoms with Crippen LogP contribution in [0, 0.1) is 0 Å². The summed E-state index contributed by atoms with van der Waals surface area (Å²) in [6, 6.07) is 10.6. The summed E-state index contributed by atoms with van der Waals surface area (Å²) in [5, 5.41) is 0. The van der Waals surface area contributed by atoms with E-state index in [1.807, 2.05) is 6.92 Å². The highest BCUT2D eigenvalue weighted by Crippen LogP contribution is 2.25. The maximum atomic E-state index is 12.3. The van der Waals surface area contributed by atoms with Crippen LogP contribution in [0.25, 0.3) is 0 Å². The second kappa shape index (κ2) is 11.3. The van der Waals surface area contributed by atoms with Crippen molar-refractivity contribution in [1.29, 1.82) is 0 Å². The van der Waals surface area contributed by atoms with Crippen molar-refractivity contribution in [2.75, 3.05) is 34.0 Å². The number of methoxy groups -OCH3 is 2. The third-order valence-corrected chi connectivity index (χ3v) is 5.62. The lowest BCUT2D eigenvalue weighted by atomic mass is 10.1. The van der Waals surface area contributed by atoms with Crippen LogP contribution in [-0.4, -0.2) is 54.1 Å². The Morgan fingerprint density at radius 3 is 2.26 bits per heavy atom. The minimum Gasteiger partial charge on any atom is -0.497 e. The topological polar surface area (TPSA) is 117 Å². The maximum absolute atomic E-state index is 12.3. The zero-order valence-electron chi connectivity index (χ0n) is 17.5. The van der Waals surface area contributed by atoms with Gasteiger partial charge in [0.15, 0.2) is 6.61 Å². The van der Waals surface area contributed by atoms with Crippen molar-refractivity contribution in [3.8, 4) is 17.2 Å². The number of ether oxygens (including phenoxy) is 4. The molecule has 0 aliphatic rings. The van der Waals surface area contributed by atoms with E-state index in [0.717, 1.165) is 0 Å². The first-order valence-electron chi connectivity index (χ1n) is 9.44. The number of Topliss-reactive ketones (excluding diaryl/α,β-unsaturated/α-hetero) is 1. The van der Waals surface area contributed by atoms with E-state index >= 15 is 0 Å². The molecule has 0 radical (unpaired) electrons. The van der Waals surface area contributed by atoms with Gasteiger partial charge in [-0.05, 0) is 43.3 Å². The summed E-state index contributed by atoms with van der Waals surface area (Å²) in [7, 11) is -0.887. The van der Waals surface area contributed by atoms with E-state index in [2.05, 4.69) is 4.72 Å². The van der Waals surface area contributed by atoms with Crippen LogP contribution in [0.3, 0.4) is 0 Å². The standard InChI is InChI=1S/C21H25NO8S/c1-4-29-15-5-8-17(9-6-15)31(25,26)22-12-11-21(24)30-14-19(23)18-10-7-16(27-2)13-20(18)28-3/h5-10,13,22H,4,11-12,14H2,1-3H3. The van der Waals surface area contributed by atoms with E-state index in [-0.39, 0.29) is 23.4 Å².